The van der Waals surface area contributed by atoms with E-state index in [-0.39, 0.29) is 38.5 Å². The molecule has 0 aliphatic heterocycles. The summed E-state index contributed by atoms with van der Waals surface area (Å²) in [4.78, 5) is 10.7. The molecule has 0 unspecified atom stereocenters. The predicted octanol–water partition coefficient (Wildman–Crippen LogP) is 3.76. The van der Waals surface area contributed by atoms with Crippen molar-refractivity contribution in [2.75, 3.05) is 0 Å². The number of hydrogen-bond donors (Lipinski definition) is 0. The summed E-state index contributed by atoms with van der Waals surface area (Å²) >= 11 is 0. The van der Waals surface area contributed by atoms with E-state index in [9.17, 15) is 4.79 Å². The normalized spacial score (nSPS) is 8.69. The van der Waals surface area contributed by atoms with E-state index in [4.69, 9.17) is 6.58 Å². The fourth-order valence-electron chi connectivity index (χ4n) is 1.02. The maximum absolute atomic E-state index is 10.7. The van der Waals surface area contributed by atoms with Gasteiger partial charge in [-0.25, -0.2) is 6.08 Å². The molecule has 2 heteroatoms. The Labute approximate surface area is 124 Å². The third-order valence-electron chi connectivity index (χ3n) is 1.67. The molecular formula is C14H17OY-. The van der Waals surface area contributed by atoms with E-state index in [0.29, 0.717) is 0 Å². The van der Waals surface area contributed by atoms with Crippen LogP contribution in [0.1, 0.15) is 31.9 Å². The standard InChI is InChI=1S/C12H11O.C2H6.Y/c1-3-11-6-4-5-7-12(11)9-8-10(2)13;1-2;/h1,3-9H,2H3;1-2H3;/q-1;;. The van der Waals surface area contributed by atoms with Gasteiger partial charge in [0.05, 0.1) is 0 Å². The fourth-order valence-corrected chi connectivity index (χ4v) is 1.02. The zero-order chi connectivity index (χ0) is 11.7. The van der Waals surface area contributed by atoms with Crippen molar-refractivity contribution >= 4 is 17.9 Å². The van der Waals surface area contributed by atoms with Gasteiger partial charge in [0.25, 0.3) is 0 Å². The summed E-state index contributed by atoms with van der Waals surface area (Å²) in [5, 5.41) is 0. The van der Waals surface area contributed by atoms with Crippen LogP contribution in [0.2, 0.25) is 0 Å². The molecule has 0 amide bonds. The van der Waals surface area contributed by atoms with Crippen molar-refractivity contribution in [2.45, 2.75) is 20.8 Å². The first-order valence-electron chi connectivity index (χ1n) is 5.06. The smallest absolute Gasteiger partial charge is 0.152 e. The van der Waals surface area contributed by atoms with Gasteiger partial charge in [0.2, 0.25) is 0 Å². The van der Waals surface area contributed by atoms with Crippen molar-refractivity contribution in [3.63, 3.8) is 0 Å². The zero-order valence-corrected chi connectivity index (χ0v) is 12.9. The summed E-state index contributed by atoms with van der Waals surface area (Å²) in [5.74, 6) is 0.0341. The van der Waals surface area contributed by atoms with Gasteiger partial charge < -0.3 is 0 Å². The first kappa shape index (κ1) is 17.9. The van der Waals surface area contributed by atoms with Crippen LogP contribution in [0.3, 0.4) is 0 Å². The van der Waals surface area contributed by atoms with Crippen LogP contribution < -0.4 is 0 Å². The van der Waals surface area contributed by atoms with Crippen molar-refractivity contribution < 1.29 is 37.5 Å². The molecule has 0 N–H and O–H groups in total. The van der Waals surface area contributed by atoms with E-state index in [2.05, 4.69) is 0 Å². The molecule has 0 heterocycles. The maximum Gasteiger partial charge on any atom is 0.152 e. The Bertz CT molecular complexity index is 354. The van der Waals surface area contributed by atoms with Gasteiger partial charge in [-0.15, -0.1) is 11.6 Å². The van der Waals surface area contributed by atoms with Gasteiger partial charge in [0.15, 0.2) is 5.78 Å². The molecule has 1 rings (SSSR count). The Kier molecular flexibility index (Phi) is 12.2. The van der Waals surface area contributed by atoms with E-state index >= 15 is 0 Å². The molecule has 0 saturated carbocycles. The summed E-state index contributed by atoms with van der Waals surface area (Å²) < 4.78 is 0. The van der Waals surface area contributed by atoms with E-state index in [1.54, 1.807) is 6.08 Å². The third kappa shape index (κ3) is 6.87. The molecule has 16 heavy (non-hydrogen) atoms. The minimum absolute atomic E-state index is 0. The molecule has 0 spiro atoms. The van der Waals surface area contributed by atoms with Crippen LogP contribution >= 0.6 is 0 Å². The molecule has 0 saturated heterocycles. The van der Waals surface area contributed by atoms with Gasteiger partial charge >= 0.3 is 0 Å². The minimum atomic E-state index is 0. The van der Waals surface area contributed by atoms with Gasteiger partial charge in [-0.3, -0.25) is 11.4 Å². The monoisotopic (exact) mass is 290 g/mol. The molecule has 0 aliphatic carbocycles. The molecule has 0 aromatic heterocycles. The van der Waals surface area contributed by atoms with Gasteiger partial charge in [0, 0.05) is 32.7 Å². The van der Waals surface area contributed by atoms with Gasteiger partial charge in [-0.05, 0) is 13.0 Å². The molecule has 0 bridgehead atoms. The SMILES string of the molecule is CC.[CH-]=Cc1ccccc1C=CC(C)=O.[Y]. The average molecular weight is 290 g/mol. The number of ketones is 1. The van der Waals surface area contributed by atoms with Gasteiger partial charge in [0.1, 0.15) is 0 Å². The molecular weight excluding hydrogens is 273 g/mol. The number of carbonyl (C=O) groups is 1. The molecule has 1 aromatic carbocycles. The van der Waals surface area contributed by atoms with Crippen molar-refractivity contribution in [3.8, 4) is 0 Å². The average Bonchev–Trinajstić information content (AvgIpc) is 2.29. The number of benzene rings is 1. The Hall–Kier alpha value is -0.526. The number of allylic oxidation sites excluding steroid dienone is 1. The van der Waals surface area contributed by atoms with E-state index in [0.717, 1.165) is 11.1 Å². The Morgan fingerprint density at radius 3 is 2.12 bits per heavy atom. The topological polar surface area (TPSA) is 17.1 Å². The van der Waals surface area contributed by atoms with E-state index in [1.807, 2.05) is 38.1 Å². The summed E-state index contributed by atoms with van der Waals surface area (Å²) in [6.45, 7) is 10.9. The Balaban J connectivity index is 0. The van der Waals surface area contributed by atoms with Crippen LogP contribution in [0.25, 0.3) is 12.2 Å². The number of rotatable bonds is 3. The van der Waals surface area contributed by atoms with Gasteiger partial charge in [-0.2, -0.15) is 5.56 Å². The van der Waals surface area contributed by atoms with Crippen molar-refractivity contribution in [3.05, 3.63) is 48.0 Å². The van der Waals surface area contributed by atoms with Crippen molar-refractivity contribution in [1.29, 1.82) is 0 Å². The molecule has 83 valence electrons. The summed E-state index contributed by atoms with van der Waals surface area (Å²) in [6, 6.07) is 7.63. The zero-order valence-electron chi connectivity index (χ0n) is 10.1. The quantitative estimate of drug-likeness (QED) is 0.612. The molecule has 1 aromatic rings. The summed E-state index contributed by atoms with van der Waals surface area (Å²) in [6.07, 6.45) is 4.82. The van der Waals surface area contributed by atoms with Crippen LogP contribution in [0, 0.1) is 6.58 Å². The van der Waals surface area contributed by atoms with Crippen LogP contribution in [-0.2, 0) is 37.5 Å². The van der Waals surface area contributed by atoms with Crippen molar-refractivity contribution in [2.24, 2.45) is 0 Å². The molecule has 1 nitrogen and oxygen atoms in total. The third-order valence-corrected chi connectivity index (χ3v) is 1.67. The second-order valence-corrected chi connectivity index (χ2v) is 2.74. The van der Waals surface area contributed by atoms with Crippen LogP contribution in [0.15, 0.2) is 30.3 Å². The molecule has 0 aliphatic rings. The minimum Gasteiger partial charge on any atom is -0.295 e. The second-order valence-electron chi connectivity index (χ2n) is 2.74. The number of carbonyl (C=O) groups excluding carboxylic acids is 1. The Morgan fingerprint density at radius 2 is 1.69 bits per heavy atom. The summed E-state index contributed by atoms with van der Waals surface area (Å²) in [5.41, 5.74) is 1.89. The first-order valence-corrected chi connectivity index (χ1v) is 5.06. The van der Waals surface area contributed by atoms with Crippen LogP contribution in [0.5, 0.6) is 0 Å². The molecule has 1 radical (unpaired) electrons. The van der Waals surface area contributed by atoms with Gasteiger partial charge in [-0.1, -0.05) is 38.1 Å². The van der Waals surface area contributed by atoms with Crippen LogP contribution in [0.4, 0.5) is 0 Å². The largest absolute Gasteiger partial charge is 0.295 e. The predicted molar refractivity (Wildman–Crippen MR) is 66.3 cm³/mol. The fraction of sp³-hybridized carbons (Fsp3) is 0.214. The summed E-state index contributed by atoms with van der Waals surface area (Å²) in [7, 11) is 0. The van der Waals surface area contributed by atoms with Crippen molar-refractivity contribution in [1.82, 2.24) is 0 Å². The molecule has 0 fully saturated rings. The van der Waals surface area contributed by atoms with E-state index in [1.165, 1.54) is 19.1 Å². The first-order chi connectivity index (χ1) is 7.24. The Morgan fingerprint density at radius 1 is 1.19 bits per heavy atom. The van der Waals surface area contributed by atoms with Crippen LogP contribution in [-0.4, -0.2) is 5.78 Å². The maximum atomic E-state index is 10.7. The number of hydrogen-bond acceptors (Lipinski definition) is 1. The second kappa shape index (κ2) is 11.0. The van der Waals surface area contributed by atoms with E-state index < -0.39 is 0 Å². The molecule has 0 atom stereocenters.